The maximum Gasteiger partial charge on any atom is 0.235 e. The van der Waals surface area contributed by atoms with Crippen LogP contribution in [0.5, 0.6) is 5.75 Å². The molecule has 0 fully saturated rings. The molecule has 0 unspecified atom stereocenters. The first-order valence-corrected chi connectivity index (χ1v) is 8.94. The maximum absolute atomic E-state index is 5.28. The van der Waals surface area contributed by atoms with Crippen LogP contribution in [0.1, 0.15) is 41.0 Å². The number of rotatable bonds is 5. The van der Waals surface area contributed by atoms with Crippen LogP contribution in [0.2, 0.25) is 0 Å². The van der Waals surface area contributed by atoms with Gasteiger partial charge in [0, 0.05) is 23.5 Å². The second-order valence-electron chi connectivity index (χ2n) is 8.57. The zero-order valence-corrected chi connectivity index (χ0v) is 16.5. The van der Waals surface area contributed by atoms with Crippen molar-refractivity contribution in [1.29, 1.82) is 0 Å². The van der Waals surface area contributed by atoms with Gasteiger partial charge >= 0.3 is 0 Å². The molecule has 3 rings (SSSR count). The third-order valence-corrected chi connectivity index (χ3v) is 4.20. The molecule has 5 nitrogen and oxygen atoms in total. The van der Waals surface area contributed by atoms with E-state index in [9.17, 15) is 0 Å². The Bertz CT molecular complexity index is 889. The summed E-state index contributed by atoms with van der Waals surface area (Å²) in [4.78, 5) is 9.18. The van der Waals surface area contributed by atoms with Gasteiger partial charge in [0.1, 0.15) is 17.3 Å². The summed E-state index contributed by atoms with van der Waals surface area (Å²) in [5.74, 6) is 2.48. The number of benzene rings is 1. The Morgan fingerprint density at radius 2 is 1.77 bits per heavy atom. The number of ether oxygens (including phenoxy) is 1. The number of anilines is 1. The summed E-state index contributed by atoms with van der Waals surface area (Å²) in [5, 5.41) is 3.72. The SMILES string of the molecule is COc1ccc(-c2nc3ncccn3c2NC(C)(C)CC(C)(C)C)cc1. The minimum absolute atomic E-state index is 0.0920. The number of fused-ring (bicyclic) bond motifs is 1. The lowest BCUT2D eigenvalue weighted by atomic mass is 9.82. The second-order valence-corrected chi connectivity index (χ2v) is 8.57. The van der Waals surface area contributed by atoms with Gasteiger partial charge < -0.3 is 10.1 Å². The lowest BCUT2D eigenvalue weighted by molar-refractivity contribution is 0.302. The van der Waals surface area contributed by atoms with Crippen molar-refractivity contribution in [1.82, 2.24) is 14.4 Å². The van der Waals surface area contributed by atoms with Gasteiger partial charge in [0.2, 0.25) is 5.78 Å². The fourth-order valence-electron chi connectivity index (χ4n) is 3.65. The van der Waals surface area contributed by atoms with E-state index in [1.165, 1.54) is 0 Å². The number of hydrogen-bond acceptors (Lipinski definition) is 4. The molecular weight excluding hydrogens is 324 g/mol. The minimum Gasteiger partial charge on any atom is -0.497 e. The molecule has 0 radical (unpaired) electrons. The Hall–Kier alpha value is -2.56. The molecule has 0 saturated carbocycles. The van der Waals surface area contributed by atoms with Crippen molar-refractivity contribution in [2.45, 2.75) is 46.6 Å². The van der Waals surface area contributed by atoms with Gasteiger partial charge in [-0.3, -0.25) is 4.40 Å². The van der Waals surface area contributed by atoms with Gasteiger partial charge in [0.15, 0.2) is 0 Å². The van der Waals surface area contributed by atoms with E-state index in [4.69, 9.17) is 9.72 Å². The normalized spacial score (nSPS) is 12.4. The predicted molar refractivity (Wildman–Crippen MR) is 107 cm³/mol. The summed E-state index contributed by atoms with van der Waals surface area (Å²) in [5.41, 5.74) is 2.06. The Kier molecular flexibility index (Phi) is 4.65. The number of methoxy groups -OCH3 is 1. The summed E-state index contributed by atoms with van der Waals surface area (Å²) in [6.45, 7) is 11.2. The van der Waals surface area contributed by atoms with E-state index in [2.05, 4.69) is 44.9 Å². The van der Waals surface area contributed by atoms with Crippen LogP contribution in [0, 0.1) is 5.41 Å². The molecule has 26 heavy (non-hydrogen) atoms. The van der Waals surface area contributed by atoms with Crippen LogP contribution < -0.4 is 10.1 Å². The molecular formula is C21H28N4O. The van der Waals surface area contributed by atoms with E-state index < -0.39 is 0 Å². The highest BCUT2D eigenvalue weighted by atomic mass is 16.5. The van der Waals surface area contributed by atoms with Gasteiger partial charge in [0.05, 0.1) is 7.11 Å². The summed E-state index contributed by atoms with van der Waals surface area (Å²) >= 11 is 0. The molecule has 0 aliphatic heterocycles. The van der Waals surface area contributed by atoms with E-state index in [0.29, 0.717) is 5.78 Å². The number of aromatic nitrogens is 3. The fraction of sp³-hybridized carbons (Fsp3) is 0.429. The monoisotopic (exact) mass is 352 g/mol. The number of nitrogens with zero attached hydrogens (tertiary/aromatic N) is 3. The van der Waals surface area contributed by atoms with Gasteiger partial charge in [-0.15, -0.1) is 0 Å². The van der Waals surface area contributed by atoms with Crippen molar-refractivity contribution in [2.24, 2.45) is 5.41 Å². The van der Waals surface area contributed by atoms with Crippen LogP contribution in [-0.2, 0) is 0 Å². The number of imidazole rings is 1. The molecule has 0 bridgehead atoms. The van der Waals surface area contributed by atoms with Crippen molar-refractivity contribution in [2.75, 3.05) is 12.4 Å². The van der Waals surface area contributed by atoms with Crippen LogP contribution >= 0.6 is 0 Å². The maximum atomic E-state index is 5.28. The van der Waals surface area contributed by atoms with Crippen LogP contribution in [0.4, 0.5) is 5.82 Å². The largest absolute Gasteiger partial charge is 0.497 e. The van der Waals surface area contributed by atoms with Gasteiger partial charge in [-0.05, 0) is 56.0 Å². The van der Waals surface area contributed by atoms with Crippen molar-refractivity contribution in [3.05, 3.63) is 42.7 Å². The lowest BCUT2D eigenvalue weighted by Gasteiger charge is -2.34. The van der Waals surface area contributed by atoms with Crippen LogP contribution in [0.15, 0.2) is 42.7 Å². The predicted octanol–water partition coefficient (Wildman–Crippen LogP) is 5.03. The van der Waals surface area contributed by atoms with E-state index in [-0.39, 0.29) is 11.0 Å². The molecule has 138 valence electrons. The zero-order chi connectivity index (χ0) is 18.9. The quantitative estimate of drug-likeness (QED) is 0.699. The van der Waals surface area contributed by atoms with Crippen molar-refractivity contribution in [3.8, 4) is 17.0 Å². The Balaban J connectivity index is 2.07. The Morgan fingerprint density at radius 1 is 1.08 bits per heavy atom. The molecule has 3 aromatic rings. The molecule has 2 aromatic heterocycles. The molecule has 0 aliphatic rings. The third kappa shape index (κ3) is 3.98. The van der Waals surface area contributed by atoms with Gasteiger partial charge in [-0.2, -0.15) is 0 Å². The van der Waals surface area contributed by atoms with E-state index >= 15 is 0 Å². The smallest absolute Gasteiger partial charge is 0.235 e. The summed E-state index contributed by atoms with van der Waals surface area (Å²) in [6.07, 6.45) is 4.79. The molecule has 1 aromatic carbocycles. The Labute approximate surface area is 155 Å². The molecule has 0 atom stereocenters. The van der Waals surface area contributed by atoms with Crippen molar-refractivity contribution >= 4 is 11.6 Å². The highest BCUT2D eigenvalue weighted by Gasteiger charge is 2.28. The van der Waals surface area contributed by atoms with Gasteiger partial charge in [-0.25, -0.2) is 9.97 Å². The molecule has 5 heteroatoms. The van der Waals surface area contributed by atoms with Gasteiger partial charge in [-0.1, -0.05) is 20.8 Å². The standard InChI is InChI=1S/C21H28N4O/c1-20(2,3)14-21(4,5)24-18-17(15-8-10-16(26-6)11-9-15)23-19-22-12-7-13-25(18)19/h7-13,24H,14H2,1-6H3. The molecule has 1 N–H and O–H groups in total. The first-order valence-electron chi connectivity index (χ1n) is 8.94. The van der Waals surface area contributed by atoms with Crippen molar-refractivity contribution in [3.63, 3.8) is 0 Å². The number of nitrogens with one attached hydrogen (secondary N) is 1. The summed E-state index contributed by atoms with van der Waals surface area (Å²) in [6, 6.07) is 9.90. The minimum atomic E-state index is -0.0920. The number of hydrogen-bond donors (Lipinski definition) is 1. The third-order valence-electron chi connectivity index (χ3n) is 4.20. The average Bonchev–Trinajstić information content (AvgIpc) is 2.91. The lowest BCUT2D eigenvalue weighted by Crippen LogP contribution is -2.36. The summed E-state index contributed by atoms with van der Waals surface area (Å²) in [7, 11) is 1.67. The van der Waals surface area contributed by atoms with E-state index in [1.807, 2.05) is 40.9 Å². The van der Waals surface area contributed by atoms with Crippen molar-refractivity contribution < 1.29 is 4.74 Å². The Morgan fingerprint density at radius 3 is 2.38 bits per heavy atom. The van der Waals surface area contributed by atoms with E-state index in [0.717, 1.165) is 29.2 Å². The van der Waals surface area contributed by atoms with Crippen LogP contribution in [0.3, 0.4) is 0 Å². The highest BCUT2D eigenvalue weighted by molar-refractivity contribution is 5.76. The van der Waals surface area contributed by atoms with Crippen LogP contribution in [0.25, 0.3) is 17.0 Å². The molecule has 0 spiro atoms. The molecule has 0 amide bonds. The first-order chi connectivity index (χ1) is 12.2. The summed E-state index contributed by atoms with van der Waals surface area (Å²) < 4.78 is 7.29. The van der Waals surface area contributed by atoms with Gasteiger partial charge in [0.25, 0.3) is 0 Å². The molecule has 2 heterocycles. The first kappa shape index (κ1) is 18.2. The molecule has 0 aliphatic carbocycles. The topological polar surface area (TPSA) is 51.5 Å². The van der Waals surface area contributed by atoms with Crippen LogP contribution in [-0.4, -0.2) is 27.0 Å². The molecule has 0 saturated heterocycles. The highest BCUT2D eigenvalue weighted by Crippen LogP contribution is 2.34. The fourth-order valence-corrected chi connectivity index (χ4v) is 3.65. The zero-order valence-electron chi connectivity index (χ0n) is 16.5. The second kappa shape index (κ2) is 6.63. The average molecular weight is 352 g/mol. The van der Waals surface area contributed by atoms with E-state index in [1.54, 1.807) is 13.3 Å².